The van der Waals surface area contributed by atoms with Crippen molar-refractivity contribution in [3.63, 3.8) is 0 Å². The van der Waals surface area contributed by atoms with E-state index >= 15 is 0 Å². The smallest absolute Gasteiger partial charge is 0.246 e. The Morgan fingerprint density at radius 1 is 1.50 bits per heavy atom. The Hall–Kier alpha value is -0.220. The fraction of sp³-hybridized carbons (Fsp3) is 1.00. The molecule has 0 aromatic rings. The maximum atomic E-state index is 12.7. The van der Waals surface area contributed by atoms with Gasteiger partial charge in [0.05, 0.1) is 5.41 Å². The zero-order valence-corrected chi connectivity index (χ0v) is 7.61. The van der Waals surface area contributed by atoms with E-state index in [9.17, 15) is 8.78 Å². The van der Waals surface area contributed by atoms with Gasteiger partial charge in [0.15, 0.2) is 0 Å². The average molecular weight is 178 g/mol. The van der Waals surface area contributed by atoms with Crippen LogP contribution in [0.5, 0.6) is 0 Å². The Balaban J connectivity index is 2.59. The lowest BCUT2D eigenvalue weighted by molar-refractivity contribution is -0.00769. The SMILES string of the molecule is CN(C)CC1(C(F)F)CCNC1. The van der Waals surface area contributed by atoms with Gasteiger partial charge < -0.3 is 10.2 Å². The van der Waals surface area contributed by atoms with Gasteiger partial charge in [-0.1, -0.05) is 0 Å². The highest BCUT2D eigenvalue weighted by Crippen LogP contribution is 2.33. The highest BCUT2D eigenvalue weighted by atomic mass is 19.3. The molecular weight excluding hydrogens is 162 g/mol. The lowest BCUT2D eigenvalue weighted by Gasteiger charge is -2.30. The molecule has 12 heavy (non-hydrogen) atoms. The van der Waals surface area contributed by atoms with Crippen molar-refractivity contribution in [1.82, 2.24) is 10.2 Å². The number of nitrogens with one attached hydrogen (secondary N) is 1. The minimum Gasteiger partial charge on any atom is -0.316 e. The summed E-state index contributed by atoms with van der Waals surface area (Å²) in [4.78, 5) is 1.83. The molecule has 2 nitrogen and oxygen atoms in total. The number of halogens is 2. The highest BCUT2D eigenvalue weighted by Gasteiger charge is 2.42. The van der Waals surface area contributed by atoms with Crippen LogP contribution >= 0.6 is 0 Å². The summed E-state index contributed by atoms with van der Waals surface area (Å²) in [6, 6.07) is 0. The van der Waals surface area contributed by atoms with Crippen molar-refractivity contribution in [2.75, 3.05) is 33.7 Å². The molecule has 0 aliphatic carbocycles. The number of rotatable bonds is 3. The predicted molar refractivity (Wildman–Crippen MR) is 44.5 cm³/mol. The van der Waals surface area contributed by atoms with Gasteiger partial charge in [0.2, 0.25) is 6.43 Å². The average Bonchev–Trinajstić information content (AvgIpc) is 2.35. The van der Waals surface area contributed by atoms with Crippen LogP contribution in [0.25, 0.3) is 0 Å². The van der Waals surface area contributed by atoms with Crippen molar-refractivity contribution >= 4 is 0 Å². The molecule has 1 N–H and O–H groups in total. The fourth-order valence-corrected chi connectivity index (χ4v) is 1.78. The molecule has 1 unspecified atom stereocenters. The Morgan fingerprint density at radius 2 is 2.17 bits per heavy atom. The summed E-state index contributed by atoms with van der Waals surface area (Å²) < 4.78 is 25.4. The third-order valence-corrected chi connectivity index (χ3v) is 2.37. The van der Waals surface area contributed by atoms with Crippen LogP contribution in [0.1, 0.15) is 6.42 Å². The van der Waals surface area contributed by atoms with Crippen molar-refractivity contribution in [1.29, 1.82) is 0 Å². The lowest BCUT2D eigenvalue weighted by Crippen LogP contribution is -2.41. The second-order valence-electron chi connectivity index (χ2n) is 3.83. The van der Waals surface area contributed by atoms with Gasteiger partial charge >= 0.3 is 0 Å². The third kappa shape index (κ3) is 1.93. The molecule has 1 atom stereocenters. The molecule has 1 rings (SSSR count). The maximum absolute atomic E-state index is 12.7. The molecule has 0 amide bonds. The number of hydrogen-bond donors (Lipinski definition) is 1. The molecular formula is C8H16F2N2. The van der Waals surface area contributed by atoms with Crippen molar-refractivity contribution in [3.8, 4) is 0 Å². The van der Waals surface area contributed by atoms with Gasteiger partial charge in [0, 0.05) is 13.1 Å². The van der Waals surface area contributed by atoms with Crippen molar-refractivity contribution < 1.29 is 8.78 Å². The van der Waals surface area contributed by atoms with Crippen molar-refractivity contribution in [3.05, 3.63) is 0 Å². The van der Waals surface area contributed by atoms with E-state index in [1.54, 1.807) is 0 Å². The molecule has 0 spiro atoms. The molecule has 0 bridgehead atoms. The largest absolute Gasteiger partial charge is 0.316 e. The Morgan fingerprint density at radius 3 is 2.50 bits per heavy atom. The standard InChI is InChI=1S/C8H16F2N2/c1-12(2)6-8(7(9)10)3-4-11-5-8/h7,11H,3-6H2,1-2H3. The molecule has 0 aromatic heterocycles. The first-order valence-corrected chi connectivity index (χ1v) is 4.20. The van der Waals surface area contributed by atoms with E-state index in [1.807, 2.05) is 19.0 Å². The van der Waals surface area contributed by atoms with E-state index in [2.05, 4.69) is 5.32 Å². The van der Waals surface area contributed by atoms with E-state index in [0.717, 1.165) is 6.54 Å². The van der Waals surface area contributed by atoms with Gasteiger partial charge in [0.25, 0.3) is 0 Å². The van der Waals surface area contributed by atoms with Gasteiger partial charge in [0.1, 0.15) is 0 Å². The number of hydrogen-bond acceptors (Lipinski definition) is 2. The van der Waals surface area contributed by atoms with Gasteiger partial charge in [-0.15, -0.1) is 0 Å². The van der Waals surface area contributed by atoms with Crippen LogP contribution in [0.2, 0.25) is 0 Å². The Kier molecular flexibility index (Phi) is 3.01. The molecule has 0 saturated carbocycles. The summed E-state index contributed by atoms with van der Waals surface area (Å²) in [5.74, 6) is 0. The lowest BCUT2D eigenvalue weighted by atomic mass is 9.87. The minimum absolute atomic E-state index is 0.447. The summed E-state index contributed by atoms with van der Waals surface area (Å²) in [6.07, 6.45) is -1.63. The summed E-state index contributed by atoms with van der Waals surface area (Å²) in [7, 11) is 3.67. The molecule has 4 heteroatoms. The quantitative estimate of drug-likeness (QED) is 0.687. The van der Waals surface area contributed by atoms with Crippen LogP contribution in [0, 0.1) is 5.41 Å². The van der Waals surface area contributed by atoms with E-state index in [1.165, 1.54) is 0 Å². The second kappa shape index (κ2) is 3.66. The molecule has 0 aromatic carbocycles. The van der Waals surface area contributed by atoms with Crippen LogP contribution in [0.3, 0.4) is 0 Å². The first-order chi connectivity index (χ1) is 5.57. The van der Waals surface area contributed by atoms with E-state index in [-0.39, 0.29) is 0 Å². The number of nitrogens with zero attached hydrogens (tertiary/aromatic N) is 1. The van der Waals surface area contributed by atoms with Crippen molar-refractivity contribution in [2.45, 2.75) is 12.8 Å². The molecule has 0 radical (unpaired) electrons. The Bertz CT molecular complexity index is 142. The molecule has 1 aliphatic heterocycles. The first-order valence-electron chi connectivity index (χ1n) is 4.20. The molecule has 1 fully saturated rings. The first kappa shape index (κ1) is 9.86. The number of alkyl halides is 2. The van der Waals surface area contributed by atoms with E-state index in [0.29, 0.717) is 19.5 Å². The topological polar surface area (TPSA) is 15.3 Å². The third-order valence-electron chi connectivity index (χ3n) is 2.37. The zero-order valence-electron chi connectivity index (χ0n) is 7.61. The maximum Gasteiger partial charge on any atom is 0.246 e. The summed E-state index contributed by atoms with van der Waals surface area (Å²) in [5.41, 5.74) is -0.802. The molecule has 1 aliphatic rings. The van der Waals surface area contributed by atoms with Crippen LogP contribution in [0.4, 0.5) is 8.78 Å². The van der Waals surface area contributed by atoms with Crippen molar-refractivity contribution in [2.24, 2.45) is 5.41 Å². The minimum atomic E-state index is -2.21. The molecule has 1 heterocycles. The monoisotopic (exact) mass is 178 g/mol. The van der Waals surface area contributed by atoms with Gasteiger partial charge in [-0.05, 0) is 27.1 Å². The summed E-state index contributed by atoms with van der Waals surface area (Å²) in [5, 5.41) is 2.99. The summed E-state index contributed by atoms with van der Waals surface area (Å²) >= 11 is 0. The van der Waals surface area contributed by atoms with Crippen LogP contribution < -0.4 is 5.32 Å². The Labute approximate surface area is 71.9 Å². The highest BCUT2D eigenvalue weighted by molar-refractivity contribution is 4.91. The molecule has 1 saturated heterocycles. The van der Waals surface area contributed by atoms with Gasteiger partial charge in [-0.3, -0.25) is 0 Å². The zero-order chi connectivity index (χ0) is 9.19. The normalized spacial score (nSPS) is 30.5. The van der Waals surface area contributed by atoms with Crippen LogP contribution in [-0.4, -0.2) is 45.1 Å². The second-order valence-corrected chi connectivity index (χ2v) is 3.83. The van der Waals surface area contributed by atoms with E-state index < -0.39 is 11.8 Å². The summed E-state index contributed by atoms with van der Waals surface area (Å²) in [6.45, 7) is 1.64. The van der Waals surface area contributed by atoms with Crippen LogP contribution in [-0.2, 0) is 0 Å². The van der Waals surface area contributed by atoms with Gasteiger partial charge in [-0.25, -0.2) is 8.78 Å². The van der Waals surface area contributed by atoms with E-state index in [4.69, 9.17) is 0 Å². The predicted octanol–water partition coefficient (Wildman–Crippen LogP) is 0.793. The fourth-order valence-electron chi connectivity index (χ4n) is 1.78. The van der Waals surface area contributed by atoms with Crippen LogP contribution in [0.15, 0.2) is 0 Å². The van der Waals surface area contributed by atoms with Gasteiger partial charge in [-0.2, -0.15) is 0 Å². The molecule has 72 valence electrons.